The molecular weight excluding hydrogens is 353 g/mol. The Kier molecular flexibility index (Phi) is 4.37. The molecule has 0 N–H and O–H groups in total. The fourth-order valence-electron chi connectivity index (χ4n) is 3.44. The van der Waals surface area contributed by atoms with Crippen molar-refractivity contribution >= 4 is 24.1 Å². The quantitative estimate of drug-likeness (QED) is 0.444. The summed E-state index contributed by atoms with van der Waals surface area (Å²) in [5.74, 6) is 2.04. The Bertz CT molecular complexity index is 1240. The van der Waals surface area contributed by atoms with Crippen molar-refractivity contribution in [2.45, 2.75) is 0 Å². The van der Waals surface area contributed by atoms with Crippen LogP contribution in [0, 0.1) is 0 Å². The molecule has 0 bridgehead atoms. The monoisotopic (exact) mass is 371 g/mol. The summed E-state index contributed by atoms with van der Waals surface area (Å²) in [4.78, 5) is 14.4. The molecule has 0 aliphatic carbocycles. The van der Waals surface area contributed by atoms with Crippen LogP contribution in [0.2, 0.25) is 0 Å². The average Bonchev–Trinajstić information content (AvgIpc) is 2.79. The van der Waals surface area contributed by atoms with Crippen LogP contribution in [0.15, 0.2) is 97.1 Å². The standard InChI is InChI=1S/C25H18BN3/c26-22-14-13-19-15-21(12-11-20(19)16-22)25-28-23(17-7-3-1-4-8-17)27-24(29-25)18-9-5-2-6-10-18/h1-16H,26H2. The van der Waals surface area contributed by atoms with Crippen molar-refractivity contribution in [3.63, 3.8) is 0 Å². The number of hydrogen-bond donors (Lipinski definition) is 0. The zero-order valence-electron chi connectivity index (χ0n) is 16.1. The van der Waals surface area contributed by atoms with E-state index in [4.69, 9.17) is 15.0 Å². The average molecular weight is 371 g/mol. The predicted octanol–water partition coefficient (Wildman–Crippen LogP) is 4.28. The van der Waals surface area contributed by atoms with E-state index in [1.165, 1.54) is 16.2 Å². The van der Waals surface area contributed by atoms with Crippen molar-refractivity contribution in [2.75, 3.05) is 0 Å². The summed E-state index contributed by atoms with van der Waals surface area (Å²) in [6.45, 7) is 0. The number of benzene rings is 4. The Morgan fingerprint density at radius 1 is 0.448 bits per heavy atom. The van der Waals surface area contributed by atoms with Crippen molar-refractivity contribution < 1.29 is 0 Å². The van der Waals surface area contributed by atoms with Gasteiger partial charge in [-0.25, -0.2) is 15.0 Å². The highest BCUT2D eigenvalue weighted by molar-refractivity contribution is 6.33. The van der Waals surface area contributed by atoms with Gasteiger partial charge in [-0.1, -0.05) is 96.5 Å². The molecule has 0 amide bonds. The Morgan fingerprint density at radius 3 is 1.52 bits per heavy atom. The summed E-state index contributed by atoms with van der Waals surface area (Å²) >= 11 is 0. The van der Waals surface area contributed by atoms with Gasteiger partial charge in [-0.05, 0) is 16.8 Å². The Morgan fingerprint density at radius 2 is 0.931 bits per heavy atom. The Balaban J connectivity index is 1.70. The number of hydrogen-bond acceptors (Lipinski definition) is 3. The molecule has 0 aliphatic heterocycles. The molecule has 5 aromatic rings. The second-order valence-corrected chi connectivity index (χ2v) is 7.10. The molecule has 0 radical (unpaired) electrons. The third-order valence-corrected chi connectivity index (χ3v) is 4.95. The van der Waals surface area contributed by atoms with Crippen LogP contribution in [0.3, 0.4) is 0 Å². The third kappa shape index (κ3) is 3.53. The van der Waals surface area contributed by atoms with E-state index in [0.717, 1.165) is 16.7 Å². The Hall–Kier alpha value is -3.79. The highest BCUT2D eigenvalue weighted by atomic mass is 15.0. The molecule has 136 valence electrons. The van der Waals surface area contributed by atoms with Gasteiger partial charge < -0.3 is 0 Å². The molecule has 4 aromatic carbocycles. The second kappa shape index (κ2) is 7.32. The van der Waals surface area contributed by atoms with Crippen LogP contribution in [0.1, 0.15) is 0 Å². The van der Waals surface area contributed by atoms with E-state index < -0.39 is 0 Å². The highest BCUT2D eigenvalue weighted by Gasteiger charge is 2.12. The van der Waals surface area contributed by atoms with Crippen molar-refractivity contribution in [2.24, 2.45) is 0 Å². The smallest absolute Gasteiger partial charge is 0.164 e. The SMILES string of the molecule is Bc1ccc2cc(-c3nc(-c4ccccc4)nc(-c4ccccc4)n3)ccc2c1. The summed E-state index contributed by atoms with van der Waals surface area (Å²) in [5.41, 5.74) is 4.19. The van der Waals surface area contributed by atoms with Crippen LogP contribution >= 0.6 is 0 Å². The maximum Gasteiger partial charge on any atom is 0.164 e. The molecule has 1 aromatic heterocycles. The predicted molar refractivity (Wildman–Crippen MR) is 122 cm³/mol. The minimum atomic E-state index is 0.679. The molecule has 0 saturated heterocycles. The van der Waals surface area contributed by atoms with Gasteiger partial charge in [0.25, 0.3) is 0 Å². The minimum absolute atomic E-state index is 0.679. The van der Waals surface area contributed by atoms with Crippen molar-refractivity contribution in [1.29, 1.82) is 0 Å². The van der Waals surface area contributed by atoms with Gasteiger partial charge in [0.1, 0.15) is 7.85 Å². The van der Waals surface area contributed by atoms with Crippen LogP contribution in [0.4, 0.5) is 0 Å². The number of nitrogens with zero attached hydrogens (tertiary/aromatic N) is 3. The van der Waals surface area contributed by atoms with Crippen LogP contribution < -0.4 is 5.46 Å². The molecule has 0 aliphatic rings. The summed E-state index contributed by atoms with van der Waals surface area (Å²) in [7, 11) is 2.11. The van der Waals surface area contributed by atoms with Gasteiger partial charge in [-0.15, -0.1) is 0 Å². The third-order valence-electron chi connectivity index (χ3n) is 4.95. The summed E-state index contributed by atoms with van der Waals surface area (Å²) in [6, 6.07) is 32.9. The lowest BCUT2D eigenvalue weighted by Gasteiger charge is -2.09. The lowest BCUT2D eigenvalue weighted by atomic mass is 9.93. The van der Waals surface area contributed by atoms with E-state index in [1.54, 1.807) is 0 Å². The molecule has 1 heterocycles. The van der Waals surface area contributed by atoms with E-state index in [0.29, 0.717) is 17.5 Å². The maximum atomic E-state index is 4.80. The summed E-state index contributed by atoms with van der Waals surface area (Å²) in [6.07, 6.45) is 0. The lowest BCUT2D eigenvalue weighted by molar-refractivity contribution is 1.07. The van der Waals surface area contributed by atoms with Crippen LogP contribution in [0.5, 0.6) is 0 Å². The molecule has 0 unspecified atom stereocenters. The zero-order chi connectivity index (χ0) is 19.6. The largest absolute Gasteiger partial charge is 0.208 e. The highest BCUT2D eigenvalue weighted by Crippen LogP contribution is 2.26. The fourth-order valence-corrected chi connectivity index (χ4v) is 3.44. The van der Waals surface area contributed by atoms with E-state index >= 15 is 0 Å². The molecule has 4 heteroatoms. The minimum Gasteiger partial charge on any atom is -0.208 e. The van der Waals surface area contributed by atoms with Crippen molar-refractivity contribution in [1.82, 2.24) is 15.0 Å². The molecule has 0 atom stereocenters. The second-order valence-electron chi connectivity index (χ2n) is 7.10. The first kappa shape index (κ1) is 17.3. The first-order chi connectivity index (χ1) is 14.3. The summed E-state index contributed by atoms with van der Waals surface area (Å²) in [5, 5.41) is 2.39. The summed E-state index contributed by atoms with van der Waals surface area (Å²) < 4.78 is 0. The van der Waals surface area contributed by atoms with Gasteiger partial charge in [-0.2, -0.15) is 0 Å². The fraction of sp³-hybridized carbons (Fsp3) is 0. The van der Waals surface area contributed by atoms with Gasteiger partial charge in [0.15, 0.2) is 17.5 Å². The van der Waals surface area contributed by atoms with Crippen LogP contribution in [-0.2, 0) is 0 Å². The molecule has 5 rings (SSSR count). The molecule has 0 saturated carbocycles. The number of rotatable bonds is 3. The maximum absolute atomic E-state index is 4.80. The van der Waals surface area contributed by atoms with Gasteiger partial charge in [0.2, 0.25) is 0 Å². The van der Waals surface area contributed by atoms with Gasteiger partial charge in [0, 0.05) is 16.7 Å². The van der Waals surface area contributed by atoms with E-state index in [9.17, 15) is 0 Å². The first-order valence-electron chi connectivity index (χ1n) is 9.64. The molecule has 3 nitrogen and oxygen atoms in total. The topological polar surface area (TPSA) is 38.7 Å². The molecular formula is C25H18BN3. The van der Waals surface area contributed by atoms with E-state index in [2.05, 4.69) is 44.2 Å². The van der Waals surface area contributed by atoms with Gasteiger partial charge in [-0.3, -0.25) is 0 Å². The van der Waals surface area contributed by atoms with E-state index in [-0.39, 0.29) is 0 Å². The lowest BCUT2D eigenvalue weighted by Crippen LogP contribution is -2.01. The van der Waals surface area contributed by atoms with Crippen molar-refractivity contribution in [3.8, 4) is 34.2 Å². The molecule has 0 spiro atoms. The van der Waals surface area contributed by atoms with Crippen molar-refractivity contribution in [3.05, 3.63) is 97.1 Å². The normalized spacial score (nSPS) is 10.9. The Labute approximate surface area is 170 Å². The number of aromatic nitrogens is 3. The molecule has 0 fully saturated rings. The zero-order valence-corrected chi connectivity index (χ0v) is 16.1. The van der Waals surface area contributed by atoms with Gasteiger partial charge in [0.05, 0.1) is 0 Å². The van der Waals surface area contributed by atoms with Crippen LogP contribution in [-0.4, -0.2) is 22.8 Å². The first-order valence-corrected chi connectivity index (χ1v) is 9.64. The number of fused-ring (bicyclic) bond motifs is 1. The van der Waals surface area contributed by atoms with E-state index in [1.807, 2.05) is 60.7 Å². The van der Waals surface area contributed by atoms with Crippen LogP contribution in [0.25, 0.3) is 44.9 Å². The molecule has 29 heavy (non-hydrogen) atoms. The van der Waals surface area contributed by atoms with Gasteiger partial charge >= 0.3 is 0 Å².